The number of amides is 3. The molecule has 14 heteroatoms. The second-order valence-electron chi connectivity index (χ2n) is 12.9. The van der Waals surface area contributed by atoms with Crippen LogP contribution in [0, 0.1) is 5.41 Å². The van der Waals surface area contributed by atoms with Crippen LogP contribution in [0.25, 0.3) is 10.2 Å². The normalized spacial score (nSPS) is 15.7. The number of fused-ring (bicyclic) bond motifs is 1. The number of benzene rings is 2. The zero-order valence-corrected chi connectivity index (χ0v) is 29.7. The van der Waals surface area contributed by atoms with E-state index in [0.717, 1.165) is 21.7 Å². The summed E-state index contributed by atoms with van der Waals surface area (Å²) in [6.07, 6.45) is 1.19. The number of rotatable bonds is 12. The van der Waals surface area contributed by atoms with E-state index in [-0.39, 0.29) is 17.7 Å². The molecule has 0 radical (unpaired) electrons. The number of methoxy groups -OCH3 is 2. The molecule has 0 unspecified atom stereocenters. The van der Waals surface area contributed by atoms with Crippen molar-refractivity contribution in [2.75, 3.05) is 43.8 Å². The van der Waals surface area contributed by atoms with Gasteiger partial charge >= 0.3 is 0 Å². The SMILES string of the molecule is CN[C@@H](C)C(=O)N[C@H](C(=O)N1CCC[C@@H]1C(=O)Nc1ccc(Nc2nc(Nc3cccc(OC)c3)c3sccc3n2)c(OC)c1)C(C)(C)C. The highest BCUT2D eigenvalue weighted by molar-refractivity contribution is 7.17. The summed E-state index contributed by atoms with van der Waals surface area (Å²) in [5, 5.41) is 17.3. The van der Waals surface area contributed by atoms with Crippen LogP contribution in [0.2, 0.25) is 0 Å². The van der Waals surface area contributed by atoms with Gasteiger partial charge in [-0.2, -0.15) is 4.98 Å². The maximum Gasteiger partial charge on any atom is 0.247 e. The first-order chi connectivity index (χ1) is 23.4. The monoisotopic (exact) mass is 688 g/mol. The fraction of sp³-hybridized carbons (Fsp3) is 0.400. The van der Waals surface area contributed by atoms with E-state index in [1.165, 1.54) is 18.4 Å². The van der Waals surface area contributed by atoms with Crippen LogP contribution in [-0.2, 0) is 14.4 Å². The molecule has 0 saturated carbocycles. The highest BCUT2D eigenvalue weighted by Gasteiger charge is 2.42. The lowest BCUT2D eigenvalue weighted by Crippen LogP contribution is -2.59. The zero-order valence-electron chi connectivity index (χ0n) is 28.8. The Morgan fingerprint density at radius 1 is 1.00 bits per heavy atom. The molecule has 2 aromatic carbocycles. The second-order valence-corrected chi connectivity index (χ2v) is 13.8. The van der Waals surface area contributed by atoms with Gasteiger partial charge in [-0.05, 0) is 67.9 Å². The van der Waals surface area contributed by atoms with Gasteiger partial charge in [0.2, 0.25) is 23.7 Å². The highest BCUT2D eigenvalue weighted by Crippen LogP contribution is 2.34. The molecule has 2 aromatic heterocycles. The van der Waals surface area contributed by atoms with E-state index in [1.54, 1.807) is 44.2 Å². The Balaban J connectivity index is 1.31. The van der Waals surface area contributed by atoms with Gasteiger partial charge in [0.25, 0.3) is 0 Å². The van der Waals surface area contributed by atoms with Crippen LogP contribution < -0.4 is 36.1 Å². The maximum absolute atomic E-state index is 13.8. The fourth-order valence-electron chi connectivity index (χ4n) is 5.58. The number of hydrogen-bond donors (Lipinski definition) is 5. The summed E-state index contributed by atoms with van der Waals surface area (Å²) in [5.41, 5.74) is 2.13. The minimum Gasteiger partial charge on any atom is -0.497 e. The molecule has 0 spiro atoms. The lowest BCUT2D eigenvalue weighted by atomic mass is 9.85. The van der Waals surface area contributed by atoms with Crippen molar-refractivity contribution >= 4 is 68.1 Å². The minimum atomic E-state index is -0.795. The number of hydrogen-bond acceptors (Lipinski definition) is 11. The van der Waals surface area contributed by atoms with Crippen LogP contribution in [0.3, 0.4) is 0 Å². The molecule has 1 aliphatic rings. The quantitative estimate of drug-likeness (QED) is 0.133. The Labute approximate surface area is 290 Å². The second kappa shape index (κ2) is 15.1. The summed E-state index contributed by atoms with van der Waals surface area (Å²) in [7, 11) is 4.85. The number of ether oxygens (including phenoxy) is 2. The molecule has 4 aromatic rings. The van der Waals surface area contributed by atoms with Crippen molar-refractivity contribution in [2.45, 2.75) is 58.7 Å². The van der Waals surface area contributed by atoms with Gasteiger partial charge in [0.05, 0.1) is 36.2 Å². The van der Waals surface area contributed by atoms with E-state index >= 15 is 0 Å². The van der Waals surface area contributed by atoms with Gasteiger partial charge in [-0.3, -0.25) is 14.4 Å². The van der Waals surface area contributed by atoms with Gasteiger partial charge in [-0.1, -0.05) is 26.8 Å². The van der Waals surface area contributed by atoms with Crippen LogP contribution >= 0.6 is 11.3 Å². The average molecular weight is 689 g/mol. The van der Waals surface area contributed by atoms with Gasteiger partial charge < -0.3 is 41.0 Å². The summed E-state index contributed by atoms with van der Waals surface area (Å²) < 4.78 is 11.9. The van der Waals surface area contributed by atoms with E-state index in [0.29, 0.717) is 48.3 Å². The van der Waals surface area contributed by atoms with Crippen LogP contribution in [-0.4, -0.2) is 78.5 Å². The summed E-state index contributed by atoms with van der Waals surface area (Å²) in [5.74, 6) is 1.32. The van der Waals surface area contributed by atoms with Gasteiger partial charge in [0.1, 0.15) is 23.6 Å². The summed E-state index contributed by atoms with van der Waals surface area (Å²) in [6, 6.07) is 12.8. The van der Waals surface area contributed by atoms with E-state index in [4.69, 9.17) is 14.5 Å². The Morgan fingerprint density at radius 2 is 1.80 bits per heavy atom. The van der Waals surface area contributed by atoms with E-state index < -0.39 is 23.5 Å². The van der Waals surface area contributed by atoms with Gasteiger partial charge in [-0.15, -0.1) is 11.3 Å². The summed E-state index contributed by atoms with van der Waals surface area (Å²) in [4.78, 5) is 51.1. The third-order valence-electron chi connectivity index (χ3n) is 8.42. The number of nitrogens with one attached hydrogen (secondary N) is 5. The molecule has 5 rings (SSSR count). The van der Waals surface area contributed by atoms with Crippen LogP contribution in [0.15, 0.2) is 53.9 Å². The number of thiophene rings is 1. The van der Waals surface area contributed by atoms with Crippen LogP contribution in [0.1, 0.15) is 40.5 Å². The number of carbonyl (C=O) groups excluding carboxylic acids is 3. The first-order valence-electron chi connectivity index (χ1n) is 16.1. The Hall–Kier alpha value is -4.95. The number of nitrogens with zero attached hydrogens (tertiary/aromatic N) is 3. The van der Waals surface area contributed by atoms with Crippen molar-refractivity contribution in [1.82, 2.24) is 25.5 Å². The largest absolute Gasteiger partial charge is 0.497 e. The predicted octanol–water partition coefficient (Wildman–Crippen LogP) is 5.26. The van der Waals surface area contributed by atoms with Gasteiger partial charge in [0.15, 0.2) is 5.82 Å². The van der Waals surface area contributed by atoms with Crippen LogP contribution in [0.4, 0.5) is 28.8 Å². The van der Waals surface area contributed by atoms with Crippen molar-refractivity contribution < 1.29 is 23.9 Å². The molecule has 260 valence electrons. The zero-order chi connectivity index (χ0) is 35.3. The molecule has 3 heterocycles. The number of aromatic nitrogens is 2. The van der Waals surface area contributed by atoms with E-state index in [9.17, 15) is 14.4 Å². The molecule has 3 atom stereocenters. The number of likely N-dealkylation sites (N-methyl/N-ethyl adjacent to an activating group) is 1. The molecule has 1 saturated heterocycles. The third kappa shape index (κ3) is 8.20. The first kappa shape index (κ1) is 35.4. The van der Waals surface area contributed by atoms with Crippen molar-refractivity contribution in [1.29, 1.82) is 0 Å². The number of anilines is 5. The Bertz CT molecular complexity index is 1820. The number of likely N-dealkylation sites (tertiary alicyclic amines) is 1. The number of carbonyl (C=O) groups is 3. The van der Waals surface area contributed by atoms with Gasteiger partial charge in [0, 0.05) is 30.1 Å². The first-order valence-corrected chi connectivity index (χ1v) is 17.0. The average Bonchev–Trinajstić information content (AvgIpc) is 3.77. The van der Waals surface area contributed by atoms with Crippen LogP contribution in [0.5, 0.6) is 11.5 Å². The molecular weight excluding hydrogens is 645 g/mol. The smallest absolute Gasteiger partial charge is 0.247 e. The molecule has 13 nitrogen and oxygen atoms in total. The Morgan fingerprint density at radius 3 is 2.51 bits per heavy atom. The molecule has 0 bridgehead atoms. The van der Waals surface area contributed by atoms with Crippen molar-refractivity contribution in [3.8, 4) is 11.5 Å². The summed E-state index contributed by atoms with van der Waals surface area (Å²) in [6.45, 7) is 7.85. The van der Waals surface area contributed by atoms with E-state index in [1.807, 2.05) is 56.5 Å². The standard InChI is InChI=1S/C35H44N8O5S/c1-20(36-5)31(44)41-29(35(2,3)4)33(46)43-16-9-12-26(43)32(45)38-22-13-14-24(27(19-22)48-7)39-34-40-25-15-17-49-28(25)30(42-34)37-21-10-8-11-23(18-21)47-6/h8,10-11,13-15,17-20,26,29,36H,9,12,16H2,1-7H3,(H,38,45)(H,41,44)(H2,37,39,40,42)/t20-,26+,29+/m0/s1. The van der Waals surface area contributed by atoms with E-state index in [2.05, 4.69) is 31.6 Å². The molecule has 1 aliphatic heterocycles. The third-order valence-corrected chi connectivity index (χ3v) is 9.33. The maximum atomic E-state index is 13.8. The predicted molar refractivity (Wildman–Crippen MR) is 193 cm³/mol. The molecular formula is C35H44N8O5S. The Kier molecular flexibility index (Phi) is 10.9. The molecule has 0 aliphatic carbocycles. The van der Waals surface area contributed by atoms with Crippen molar-refractivity contribution in [3.63, 3.8) is 0 Å². The topological polar surface area (TPSA) is 159 Å². The van der Waals surface area contributed by atoms with Crippen molar-refractivity contribution in [3.05, 3.63) is 53.9 Å². The lowest BCUT2D eigenvalue weighted by molar-refractivity contribution is -0.143. The fourth-order valence-corrected chi connectivity index (χ4v) is 6.35. The molecule has 3 amide bonds. The van der Waals surface area contributed by atoms with Crippen molar-refractivity contribution in [2.24, 2.45) is 5.41 Å². The molecule has 1 fully saturated rings. The highest BCUT2D eigenvalue weighted by atomic mass is 32.1. The van der Waals surface area contributed by atoms with Gasteiger partial charge in [-0.25, -0.2) is 4.98 Å². The minimum absolute atomic E-state index is 0.276. The molecule has 5 N–H and O–H groups in total. The lowest BCUT2D eigenvalue weighted by Gasteiger charge is -2.36. The molecule has 49 heavy (non-hydrogen) atoms. The summed E-state index contributed by atoms with van der Waals surface area (Å²) >= 11 is 1.54.